The van der Waals surface area contributed by atoms with E-state index in [0.29, 0.717) is 12.8 Å². The van der Waals surface area contributed by atoms with E-state index in [1.165, 1.54) is 0 Å². The Morgan fingerprint density at radius 1 is 1.25 bits per heavy atom. The summed E-state index contributed by atoms with van der Waals surface area (Å²) >= 11 is 0. The molecule has 1 saturated heterocycles. The molecule has 1 aliphatic rings. The molecule has 0 spiro atoms. The second-order valence-electron chi connectivity index (χ2n) is 7.80. The van der Waals surface area contributed by atoms with Crippen LogP contribution in [0.2, 0.25) is 0 Å². The van der Waals surface area contributed by atoms with Gasteiger partial charge in [-0.1, -0.05) is 32.9 Å². The van der Waals surface area contributed by atoms with Gasteiger partial charge in [0.25, 0.3) is 0 Å². The van der Waals surface area contributed by atoms with Gasteiger partial charge in [-0.2, -0.15) is 0 Å². The number of carbonyl (C=O) groups excluding carboxylic acids is 2. The Kier molecular flexibility index (Phi) is 5.99. The van der Waals surface area contributed by atoms with Gasteiger partial charge in [-0.25, -0.2) is 0 Å². The van der Waals surface area contributed by atoms with Crippen LogP contribution >= 0.6 is 0 Å². The molecule has 1 atom stereocenters. The fraction of sp³-hybridized carbons (Fsp3) is 0.579. The first kappa shape index (κ1) is 18.5. The van der Waals surface area contributed by atoms with Crippen LogP contribution in [-0.2, 0) is 16.0 Å². The quantitative estimate of drug-likeness (QED) is 0.891. The van der Waals surface area contributed by atoms with E-state index < -0.39 is 0 Å². The van der Waals surface area contributed by atoms with Crippen molar-refractivity contribution in [3.05, 3.63) is 29.8 Å². The van der Waals surface area contributed by atoms with Crippen LogP contribution in [0, 0.1) is 5.41 Å². The van der Waals surface area contributed by atoms with Crippen LogP contribution in [0.25, 0.3) is 0 Å². The zero-order valence-electron chi connectivity index (χ0n) is 15.2. The van der Waals surface area contributed by atoms with Crippen LogP contribution in [0.4, 0.5) is 5.69 Å². The van der Waals surface area contributed by atoms with Gasteiger partial charge in [0, 0.05) is 37.8 Å². The second kappa shape index (κ2) is 7.79. The molecular formula is C19H29N3O2. The van der Waals surface area contributed by atoms with E-state index >= 15 is 0 Å². The highest BCUT2D eigenvalue weighted by Gasteiger charge is 2.22. The summed E-state index contributed by atoms with van der Waals surface area (Å²) in [6.07, 6.45) is 0.884. The van der Waals surface area contributed by atoms with Crippen molar-refractivity contribution < 1.29 is 9.59 Å². The average Bonchev–Trinajstić information content (AvgIpc) is 2.47. The molecule has 2 rings (SSSR count). The van der Waals surface area contributed by atoms with Gasteiger partial charge in [-0.3, -0.25) is 9.59 Å². The van der Waals surface area contributed by atoms with Gasteiger partial charge in [0.1, 0.15) is 0 Å². The van der Waals surface area contributed by atoms with Gasteiger partial charge in [0.15, 0.2) is 0 Å². The number of hydrogen-bond acceptors (Lipinski definition) is 3. The van der Waals surface area contributed by atoms with E-state index in [1.807, 2.05) is 49.9 Å². The Balaban J connectivity index is 1.89. The van der Waals surface area contributed by atoms with Gasteiger partial charge >= 0.3 is 0 Å². The monoisotopic (exact) mass is 331 g/mol. The minimum Gasteiger partial charge on any atom is -0.337 e. The third-order valence-corrected chi connectivity index (χ3v) is 4.11. The van der Waals surface area contributed by atoms with E-state index in [2.05, 4.69) is 17.6 Å². The van der Waals surface area contributed by atoms with Crippen molar-refractivity contribution in [3.63, 3.8) is 0 Å². The largest absolute Gasteiger partial charge is 0.337 e. The van der Waals surface area contributed by atoms with E-state index in [0.717, 1.165) is 30.9 Å². The lowest BCUT2D eigenvalue weighted by Crippen LogP contribution is -2.52. The zero-order chi connectivity index (χ0) is 17.7. The predicted octanol–water partition coefficient (Wildman–Crippen LogP) is 2.42. The Hall–Kier alpha value is -1.88. The van der Waals surface area contributed by atoms with Crippen molar-refractivity contribution in [1.29, 1.82) is 0 Å². The van der Waals surface area contributed by atoms with Gasteiger partial charge in [-0.05, 0) is 30.0 Å². The van der Waals surface area contributed by atoms with Crippen molar-refractivity contribution in [2.75, 3.05) is 25.0 Å². The summed E-state index contributed by atoms with van der Waals surface area (Å²) in [7, 11) is 0. The number of amides is 2. The summed E-state index contributed by atoms with van der Waals surface area (Å²) in [5.74, 6) is 0.175. The summed E-state index contributed by atoms with van der Waals surface area (Å²) in [6.45, 7) is 10.7. The lowest BCUT2D eigenvalue weighted by atomic mass is 9.92. The Morgan fingerprint density at radius 3 is 2.50 bits per heavy atom. The third kappa shape index (κ3) is 5.64. The number of piperazine rings is 1. The molecule has 132 valence electrons. The maximum Gasteiger partial charge on any atom is 0.227 e. The summed E-state index contributed by atoms with van der Waals surface area (Å²) in [6, 6.07) is 7.80. The zero-order valence-corrected chi connectivity index (χ0v) is 15.2. The normalized spacial score (nSPS) is 18.3. The van der Waals surface area contributed by atoms with Gasteiger partial charge in [0.2, 0.25) is 11.8 Å². The fourth-order valence-electron chi connectivity index (χ4n) is 2.88. The molecule has 1 aromatic rings. The highest BCUT2D eigenvalue weighted by Crippen LogP contribution is 2.20. The fourth-order valence-corrected chi connectivity index (χ4v) is 2.88. The first-order chi connectivity index (χ1) is 11.2. The molecule has 5 nitrogen and oxygen atoms in total. The molecule has 0 aromatic heterocycles. The molecule has 0 aliphatic carbocycles. The Labute approximate surface area is 144 Å². The van der Waals surface area contributed by atoms with Gasteiger partial charge < -0.3 is 15.5 Å². The summed E-state index contributed by atoms with van der Waals surface area (Å²) < 4.78 is 0. The molecular weight excluding hydrogens is 302 g/mol. The number of hydrogen-bond donors (Lipinski definition) is 2. The van der Waals surface area contributed by atoms with E-state index in [4.69, 9.17) is 0 Å². The maximum absolute atomic E-state index is 12.4. The number of nitrogens with one attached hydrogen (secondary N) is 2. The van der Waals surface area contributed by atoms with Crippen molar-refractivity contribution in [3.8, 4) is 0 Å². The van der Waals surface area contributed by atoms with Crippen molar-refractivity contribution >= 4 is 17.5 Å². The first-order valence-electron chi connectivity index (χ1n) is 8.63. The molecule has 0 saturated carbocycles. The van der Waals surface area contributed by atoms with Crippen molar-refractivity contribution in [1.82, 2.24) is 10.2 Å². The minimum absolute atomic E-state index is 0.0148. The molecule has 2 amide bonds. The number of rotatable bonds is 4. The topological polar surface area (TPSA) is 61.4 Å². The number of anilines is 1. The lowest BCUT2D eigenvalue weighted by Gasteiger charge is -2.34. The van der Waals surface area contributed by atoms with Crippen LogP contribution in [-0.4, -0.2) is 42.4 Å². The Morgan fingerprint density at radius 2 is 1.92 bits per heavy atom. The minimum atomic E-state index is -0.0313. The highest BCUT2D eigenvalue weighted by molar-refractivity contribution is 5.91. The maximum atomic E-state index is 12.4. The number of benzene rings is 1. The first-order valence-corrected chi connectivity index (χ1v) is 8.63. The molecule has 0 unspecified atom stereocenters. The van der Waals surface area contributed by atoms with Gasteiger partial charge in [0.05, 0.1) is 6.42 Å². The van der Waals surface area contributed by atoms with E-state index in [9.17, 15) is 9.59 Å². The molecule has 1 aliphatic heterocycles. The molecule has 0 radical (unpaired) electrons. The summed E-state index contributed by atoms with van der Waals surface area (Å²) in [5.41, 5.74) is 1.71. The van der Waals surface area contributed by atoms with Gasteiger partial charge in [-0.15, -0.1) is 0 Å². The molecule has 1 heterocycles. The molecule has 1 fully saturated rings. The highest BCUT2D eigenvalue weighted by atomic mass is 16.2. The molecule has 2 N–H and O–H groups in total. The SMILES string of the molecule is C[C@H]1CNCCN1C(=O)Cc1ccc(NC(=O)CC(C)(C)C)cc1. The average molecular weight is 331 g/mol. The number of carbonyl (C=O) groups is 2. The van der Waals surface area contributed by atoms with Crippen LogP contribution in [0.3, 0.4) is 0 Å². The van der Waals surface area contributed by atoms with E-state index in [-0.39, 0.29) is 23.3 Å². The van der Waals surface area contributed by atoms with Crippen LogP contribution in [0.1, 0.15) is 39.7 Å². The van der Waals surface area contributed by atoms with Crippen LogP contribution in [0.5, 0.6) is 0 Å². The molecule has 24 heavy (non-hydrogen) atoms. The standard InChI is InChI=1S/C19H29N3O2/c1-14-13-20-9-10-22(14)18(24)11-15-5-7-16(8-6-15)21-17(23)12-19(2,3)4/h5-8,14,20H,9-13H2,1-4H3,(H,21,23)/t14-/m0/s1. The lowest BCUT2D eigenvalue weighted by molar-refractivity contribution is -0.133. The molecule has 5 heteroatoms. The van der Waals surface area contributed by atoms with Crippen LogP contribution < -0.4 is 10.6 Å². The van der Waals surface area contributed by atoms with Crippen LogP contribution in [0.15, 0.2) is 24.3 Å². The molecule has 0 bridgehead atoms. The molecule has 1 aromatic carbocycles. The second-order valence-corrected chi connectivity index (χ2v) is 7.80. The smallest absolute Gasteiger partial charge is 0.227 e. The van der Waals surface area contributed by atoms with E-state index in [1.54, 1.807) is 0 Å². The predicted molar refractivity (Wildman–Crippen MR) is 96.9 cm³/mol. The van der Waals surface area contributed by atoms with Crippen molar-refractivity contribution in [2.24, 2.45) is 5.41 Å². The summed E-state index contributed by atoms with van der Waals surface area (Å²) in [4.78, 5) is 26.3. The third-order valence-electron chi connectivity index (χ3n) is 4.11. The van der Waals surface area contributed by atoms with Crippen molar-refractivity contribution in [2.45, 2.75) is 46.6 Å². The number of nitrogens with zero attached hydrogens (tertiary/aromatic N) is 1. The summed E-state index contributed by atoms with van der Waals surface area (Å²) in [5, 5.41) is 6.20. The Bertz CT molecular complexity index is 575.